The lowest BCUT2D eigenvalue weighted by molar-refractivity contribution is -0.139. The van der Waals surface area contributed by atoms with Crippen molar-refractivity contribution in [2.45, 2.75) is 12.6 Å². The van der Waals surface area contributed by atoms with E-state index in [0.717, 1.165) is 30.8 Å². The highest BCUT2D eigenvalue weighted by atomic mass is 19.4. The summed E-state index contributed by atoms with van der Waals surface area (Å²) in [6, 6.07) is 8.56. The van der Waals surface area contributed by atoms with E-state index in [0.29, 0.717) is 11.1 Å². The largest absolute Gasteiger partial charge is 0.419 e. The Hall–Kier alpha value is -2.04. The molecular weight excluding hydrogens is 270 g/mol. The monoisotopic (exact) mass is 281 g/mol. The summed E-state index contributed by atoms with van der Waals surface area (Å²) < 4.78 is 51.1. The minimum atomic E-state index is -4.66. The summed E-state index contributed by atoms with van der Waals surface area (Å²) >= 11 is 0. The van der Waals surface area contributed by atoms with Crippen LogP contribution in [0.5, 0.6) is 0 Å². The van der Waals surface area contributed by atoms with Gasteiger partial charge < -0.3 is 5.32 Å². The van der Waals surface area contributed by atoms with Gasteiger partial charge in [-0.2, -0.15) is 13.2 Å². The number of hydrogen-bond acceptors (Lipinski definition) is 1. The first-order valence-electron chi connectivity index (χ1n) is 6.19. The van der Waals surface area contributed by atoms with Crippen LogP contribution in [-0.2, 0) is 12.6 Å². The molecule has 0 amide bonds. The van der Waals surface area contributed by atoms with Crippen LogP contribution >= 0.6 is 0 Å². The minimum Gasteiger partial charge on any atom is -0.384 e. The first kappa shape index (κ1) is 13.0. The van der Waals surface area contributed by atoms with E-state index in [1.807, 2.05) is 12.1 Å². The van der Waals surface area contributed by atoms with Crippen LogP contribution in [0.3, 0.4) is 0 Å². The van der Waals surface area contributed by atoms with Crippen molar-refractivity contribution in [3.05, 3.63) is 53.3 Å². The molecule has 1 aliphatic heterocycles. The van der Waals surface area contributed by atoms with Gasteiger partial charge in [-0.25, -0.2) is 4.39 Å². The molecule has 1 heterocycles. The van der Waals surface area contributed by atoms with Gasteiger partial charge >= 0.3 is 6.18 Å². The Labute approximate surface area is 113 Å². The van der Waals surface area contributed by atoms with Crippen molar-refractivity contribution in [1.82, 2.24) is 0 Å². The molecule has 0 saturated heterocycles. The zero-order valence-corrected chi connectivity index (χ0v) is 10.4. The van der Waals surface area contributed by atoms with Gasteiger partial charge in [0.25, 0.3) is 0 Å². The normalized spacial score (nSPS) is 14.0. The molecule has 2 aromatic carbocycles. The Morgan fingerprint density at radius 3 is 2.35 bits per heavy atom. The second-order valence-corrected chi connectivity index (χ2v) is 4.74. The molecule has 104 valence electrons. The van der Waals surface area contributed by atoms with Crippen LogP contribution < -0.4 is 5.32 Å². The highest BCUT2D eigenvalue weighted by Gasteiger charge is 2.33. The fraction of sp³-hybridized carbons (Fsp3) is 0.200. The number of alkyl halides is 3. The van der Waals surface area contributed by atoms with Gasteiger partial charge in [0.2, 0.25) is 0 Å². The number of benzene rings is 2. The topological polar surface area (TPSA) is 12.0 Å². The van der Waals surface area contributed by atoms with E-state index < -0.39 is 17.6 Å². The average molecular weight is 281 g/mol. The van der Waals surface area contributed by atoms with Crippen molar-refractivity contribution in [3.8, 4) is 11.1 Å². The third-order valence-electron chi connectivity index (χ3n) is 3.43. The summed E-state index contributed by atoms with van der Waals surface area (Å²) in [7, 11) is 0. The average Bonchev–Trinajstić information content (AvgIpc) is 2.84. The Morgan fingerprint density at radius 1 is 0.950 bits per heavy atom. The fourth-order valence-corrected chi connectivity index (χ4v) is 2.39. The lowest BCUT2D eigenvalue weighted by Gasteiger charge is -2.10. The van der Waals surface area contributed by atoms with E-state index in [1.54, 1.807) is 6.07 Å². The molecule has 0 saturated carbocycles. The Balaban J connectivity index is 2.01. The van der Waals surface area contributed by atoms with Crippen LogP contribution in [0.15, 0.2) is 36.4 Å². The van der Waals surface area contributed by atoms with Crippen molar-refractivity contribution in [3.63, 3.8) is 0 Å². The summed E-state index contributed by atoms with van der Waals surface area (Å²) in [6.07, 6.45) is -3.74. The molecule has 0 radical (unpaired) electrons. The van der Waals surface area contributed by atoms with Gasteiger partial charge in [-0.05, 0) is 41.3 Å². The van der Waals surface area contributed by atoms with Crippen LogP contribution in [0.25, 0.3) is 11.1 Å². The summed E-state index contributed by atoms with van der Waals surface area (Å²) in [4.78, 5) is 0. The second-order valence-electron chi connectivity index (χ2n) is 4.74. The van der Waals surface area contributed by atoms with Crippen molar-refractivity contribution in [2.75, 3.05) is 11.9 Å². The molecule has 3 rings (SSSR count). The highest BCUT2D eigenvalue weighted by molar-refractivity contribution is 5.71. The number of fused-ring (bicyclic) bond motifs is 1. The fourth-order valence-electron chi connectivity index (χ4n) is 2.39. The van der Waals surface area contributed by atoms with Crippen LogP contribution in [0, 0.1) is 5.82 Å². The van der Waals surface area contributed by atoms with Gasteiger partial charge in [0.15, 0.2) is 0 Å². The van der Waals surface area contributed by atoms with Gasteiger partial charge in [0.05, 0.1) is 5.56 Å². The van der Waals surface area contributed by atoms with Gasteiger partial charge in [-0.3, -0.25) is 0 Å². The minimum absolute atomic E-state index is 0.437. The number of anilines is 1. The lowest BCUT2D eigenvalue weighted by atomic mass is 10.0. The first-order valence-corrected chi connectivity index (χ1v) is 6.19. The molecule has 0 aromatic heterocycles. The molecule has 1 N–H and O–H groups in total. The molecule has 1 nitrogen and oxygen atoms in total. The van der Waals surface area contributed by atoms with Gasteiger partial charge in [0.1, 0.15) is 5.82 Å². The van der Waals surface area contributed by atoms with Crippen LogP contribution in [0.1, 0.15) is 11.1 Å². The molecule has 0 aliphatic carbocycles. The van der Waals surface area contributed by atoms with E-state index >= 15 is 0 Å². The Bertz CT molecular complexity index is 661. The lowest BCUT2D eigenvalue weighted by Crippen LogP contribution is -2.07. The van der Waals surface area contributed by atoms with Gasteiger partial charge in [-0.1, -0.05) is 18.2 Å². The quantitative estimate of drug-likeness (QED) is 0.760. The molecule has 20 heavy (non-hydrogen) atoms. The summed E-state index contributed by atoms with van der Waals surface area (Å²) in [5.74, 6) is -1.25. The van der Waals surface area contributed by atoms with Crippen LogP contribution in [-0.4, -0.2) is 6.54 Å². The Morgan fingerprint density at radius 2 is 1.65 bits per heavy atom. The van der Waals surface area contributed by atoms with Crippen molar-refractivity contribution in [2.24, 2.45) is 0 Å². The second kappa shape index (κ2) is 4.51. The summed E-state index contributed by atoms with van der Waals surface area (Å²) in [5.41, 5.74) is 2.03. The number of hydrogen-bond donors (Lipinski definition) is 1. The molecule has 0 unspecified atom stereocenters. The standard InChI is InChI=1S/C15H11F4N/c16-13-7-10(3-4-12(13)15(17,18)19)11-2-1-9-5-6-20-14(9)8-11/h1-4,7-8,20H,5-6H2. The highest BCUT2D eigenvalue weighted by Crippen LogP contribution is 2.34. The maximum Gasteiger partial charge on any atom is 0.419 e. The molecule has 0 spiro atoms. The van der Waals surface area contributed by atoms with E-state index in [4.69, 9.17) is 0 Å². The van der Waals surface area contributed by atoms with Crippen molar-refractivity contribution >= 4 is 5.69 Å². The first-order chi connectivity index (χ1) is 9.45. The van der Waals surface area contributed by atoms with Crippen molar-refractivity contribution in [1.29, 1.82) is 0 Å². The molecule has 5 heteroatoms. The Kier molecular flexibility index (Phi) is 2.92. The smallest absolute Gasteiger partial charge is 0.384 e. The van der Waals surface area contributed by atoms with Crippen molar-refractivity contribution < 1.29 is 17.6 Å². The molecule has 0 fully saturated rings. The number of halogens is 4. The van der Waals surface area contributed by atoms with E-state index in [9.17, 15) is 17.6 Å². The summed E-state index contributed by atoms with van der Waals surface area (Å²) in [5, 5.41) is 3.19. The van der Waals surface area contributed by atoms with Gasteiger partial charge in [-0.15, -0.1) is 0 Å². The van der Waals surface area contributed by atoms with E-state index in [-0.39, 0.29) is 0 Å². The number of rotatable bonds is 1. The zero-order chi connectivity index (χ0) is 14.3. The molecule has 2 aromatic rings. The summed E-state index contributed by atoms with van der Waals surface area (Å²) in [6.45, 7) is 0.847. The predicted octanol–water partition coefficient (Wildman–Crippen LogP) is 4.48. The third-order valence-corrected chi connectivity index (χ3v) is 3.43. The van der Waals surface area contributed by atoms with Gasteiger partial charge in [0, 0.05) is 12.2 Å². The van der Waals surface area contributed by atoms with E-state index in [1.165, 1.54) is 11.6 Å². The van der Waals surface area contributed by atoms with E-state index in [2.05, 4.69) is 5.32 Å². The maximum absolute atomic E-state index is 13.6. The molecular formula is C15H11F4N. The maximum atomic E-state index is 13.6. The molecule has 1 aliphatic rings. The zero-order valence-electron chi connectivity index (χ0n) is 10.4. The SMILES string of the molecule is Fc1cc(-c2ccc3c(c2)NCC3)ccc1C(F)(F)F. The molecule has 0 atom stereocenters. The third kappa shape index (κ3) is 2.24. The van der Waals surface area contributed by atoms with Crippen LogP contribution in [0.4, 0.5) is 23.2 Å². The predicted molar refractivity (Wildman–Crippen MR) is 69.0 cm³/mol. The number of nitrogens with one attached hydrogen (secondary N) is 1. The molecule has 0 bridgehead atoms. The van der Waals surface area contributed by atoms with Crippen LogP contribution in [0.2, 0.25) is 0 Å².